The molecule has 0 aliphatic heterocycles. The third-order valence-corrected chi connectivity index (χ3v) is 3.50. The average Bonchev–Trinajstić information content (AvgIpc) is 2.91. The summed E-state index contributed by atoms with van der Waals surface area (Å²) in [5, 5.41) is 1.41. The Bertz CT molecular complexity index is 356. The molecule has 0 heterocycles. The van der Waals surface area contributed by atoms with Crippen molar-refractivity contribution in [1.82, 2.24) is 0 Å². The van der Waals surface area contributed by atoms with Gasteiger partial charge in [-0.2, -0.15) is 0 Å². The molecule has 14 heavy (non-hydrogen) atoms. The number of halogens is 2. The molecular formula is C11H13Cl2N. The van der Waals surface area contributed by atoms with Gasteiger partial charge in [0.05, 0.1) is 0 Å². The van der Waals surface area contributed by atoms with Crippen LogP contribution >= 0.6 is 23.2 Å². The monoisotopic (exact) mass is 229 g/mol. The first kappa shape index (κ1) is 10.3. The summed E-state index contributed by atoms with van der Waals surface area (Å²) in [4.78, 5) is 0. The first-order valence-corrected chi connectivity index (χ1v) is 5.52. The van der Waals surface area contributed by atoms with E-state index in [1.54, 1.807) is 6.07 Å². The van der Waals surface area contributed by atoms with E-state index in [4.69, 9.17) is 28.9 Å². The summed E-state index contributed by atoms with van der Waals surface area (Å²) in [6.07, 6.45) is 2.38. The predicted octanol–water partition coefficient (Wildman–Crippen LogP) is 3.58. The standard InChI is InChI=1S/C11H13Cl2N/c1-11(14,7-2-3-7)9-6-8(12)4-5-10(9)13/h4-7H,2-3,14H2,1H3. The number of hydrogen-bond donors (Lipinski definition) is 1. The zero-order chi connectivity index (χ0) is 10.3. The van der Waals surface area contributed by atoms with E-state index >= 15 is 0 Å². The highest BCUT2D eigenvalue weighted by Gasteiger charge is 2.40. The van der Waals surface area contributed by atoms with E-state index in [2.05, 4.69) is 0 Å². The number of benzene rings is 1. The van der Waals surface area contributed by atoms with Gasteiger partial charge in [0.25, 0.3) is 0 Å². The molecule has 3 heteroatoms. The fraction of sp³-hybridized carbons (Fsp3) is 0.455. The quantitative estimate of drug-likeness (QED) is 0.825. The molecule has 1 saturated carbocycles. The fourth-order valence-corrected chi connectivity index (χ4v) is 2.31. The van der Waals surface area contributed by atoms with Gasteiger partial charge in [0.2, 0.25) is 0 Å². The van der Waals surface area contributed by atoms with Gasteiger partial charge in [-0.3, -0.25) is 0 Å². The lowest BCUT2D eigenvalue weighted by Gasteiger charge is -2.26. The van der Waals surface area contributed by atoms with E-state index in [-0.39, 0.29) is 5.54 Å². The molecule has 1 aromatic carbocycles. The molecule has 1 unspecified atom stereocenters. The summed E-state index contributed by atoms with van der Waals surface area (Å²) < 4.78 is 0. The van der Waals surface area contributed by atoms with Crippen molar-refractivity contribution < 1.29 is 0 Å². The molecule has 0 saturated heterocycles. The van der Waals surface area contributed by atoms with Crippen molar-refractivity contribution in [3.63, 3.8) is 0 Å². The van der Waals surface area contributed by atoms with Gasteiger partial charge >= 0.3 is 0 Å². The maximum absolute atomic E-state index is 6.27. The Morgan fingerprint density at radius 2 is 2.00 bits per heavy atom. The Labute approximate surface area is 94.2 Å². The van der Waals surface area contributed by atoms with Crippen molar-refractivity contribution in [3.8, 4) is 0 Å². The van der Waals surface area contributed by atoms with Crippen LogP contribution in [-0.4, -0.2) is 0 Å². The van der Waals surface area contributed by atoms with Gasteiger partial charge in [-0.05, 0) is 49.4 Å². The molecule has 76 valence electrons. The third-order valence-electron chi connectivity index (χ3n) is 2.93. The van der Waals surface area contributed by atoms with E-state index in [9.17, 15) is 0 Å². The van der Waals surface area contributed by atoms with Crippen molar-refractivity contribution in [2.45, 2.75) is 25.3 Å². The molecule has 0 aromatic heterocycles. The van der Waals surface area contributed by atoms with E-state index in [1.807, 2.05) is 19.1 Å². The predicted molar refractivity (Wildman–Crippen MR) is 60.7 cm³/mol. The molecule has 0 spiro atoms. The molecular weight excluding hydrogens is 217 g/mol. The van der Waals surface area contributed by atoms with Crippen LogP contribution < -0.4 is 5.73 Å². The Morgan fingerprint density at radius 3 is 2.57 bits per heavy atom. The molecule has 1 atom stereocenters. The molecule has 1 aliphatic rings. The second-order valence-corrected chi connectivity index (χ2v) is 5.02. The second-order valence-electron chi connectivity index (χ2n) is 4.18. The lowest BCUT2D eigenvalue weighted by Crippen LogP contribution is -2.35. The lowest BCUT2D eigenvalue weighted by atomic mass is 9.88. The number of rotatable bonds is 2. The first-order valence-electron chi connectivity index (χ1n) is 4.76. The Balaban J connectivity index is 2.43. The molecule has 0 radical (unpaired) electrons. The van der Waals surface area contributed by atoms with Gasteiger partial charge in [-0.1, -0.05) is 23.2 Å². The maximum atomic E-state index is 6.27. The normalized spacial score (nSPS) is 20.6. The highest BCUT2D eigenvalue weighted by molar-refractivity contribution is 6.33. The van der Waals surface area contributed by atoms with Gasteiger partial charge < -0.3 is 5.73 Å². The van der Waals surface area contributed by atoms with Crippen LogP contribution in [0.15, 0.2) is 18.2 Å². The largest absolute Gasteiger partial charge is 0.321 e. The first-order chi connectivity index (χ1) is 6.51. The molecule has 1 aromatic rings. The molecule has 1 aliphatic carbocycles. The van der Waals surface area contributed by atoms with Crippen molar-refractivity contribution >= 4 is 23.2 Å². The molecule has 0 amide bonds. The molecule has 2 rings (SSSR count). The van der Waals surface area contributed by atoms with Crippen molar-refractivity contribution in [3.05, 3.63) is 33.8 Å². The molecule has 1 nitrogen and oxygen atoms in total. The summed E-state index contributed by atoms with van der Waals surface area (Å²) in [7, 11) is 0. The molecule has 0 bridgehead atoms. The van der Waals surface area contributed by atoms with Crippen LogP contribution in [0.3, 0.4) is 0 Å². The van der Waals surface area contributed by atoms with E-state index in [1.165, 1.54) is 12.8 Å². The van der Waals surface area contributed by atoms with E-state index < -0.39 is 0 Å². The SMILES string of the molecule is CC(N)(c1cc(Cl)ccc1Cl)C1CC1. The van der Waals surface area contributed by atoms with Crippen LogP contribution in [0.4, 0.5) is 0 Å². The Hall–Kier alpha value is -0.240. The van der Waals surface area contributed by atoms with Crippen LogP contribution in [0.25, 0.3) is 0 Å². The van der Waals surface area contributed by atoms with Gasteiger partial charge in [0.1, 0.15) is 0 Å². The van der Waals surface area contributed by atoms with Gasteiger partial charge in [-0.15, -0.1) is 0 Å². The van der Waals surface area contributed by atoms with Gasteiger partial charge in [0.15, 0.2) is 0 Å². The summed E-state index contributed by atoms with van der Waals surface area (Å²) in [5.41, 5.74) is 6.91. The van der Waals surface area contributed by atoms with Crippen molar-refractivity contribution in [2.24, 2.45) is 11.7 Å². The second kappa shape index (κ2) is 3.41. The maximum Gasteiger partial charge on any atom is 0.0457 e. The topological polar surface area (TPSA) is 26.0 Å². The van der Waals surface area contributed by atoms with Crippen molar-refractivity contribution in [2.75, 3.05) is 0 Å². The smallest absolute Gasteiger partial charge is 0.0457 e. The van der Waals surface area contributed by atoms with Crippen LogP contribution in [0, 0.1) is 5.92 Å². The van der Waals surface area contributed by atoms with Gasteiger partial charge in [-0.25, -0.2) is 0 Å². The highest BCUT2D eigenvalue weighted by Crippen LogP contribution is 2.45. The minimum absolute atomic E-state index is 0.331. The fourth-order valence-electron chi connectivity index (χ4n) is 1.81. The van der Waals surface area contributed by atoms with Crippen LogP contribution in [0.5, 0.6) is 0 Å². The minimum atomic E-state index is -0.331. The Kier molecular flexibility index (Phi) is 2.50. The zero-order valence-corrected chi connectivity index (χ0v) is 9.57. The summed E-state index contributed by atoms with van der Waals surface area (Å²) >= 11 is 12.0. The van der Waals surface area contributed by atoms with Crippen molar-refractivity contribution in [1.29, 1.82) is 0 Å². The van der Waals surface area contributed by atoms with E-state index in [0.29, 0.717) is 16.0 Å². The Morgan fingerprint density at radius 1 is 1.36 bits per heavy atom. The number of hydrogen-bond acceptors (Lipinski definition) is 1. The highest BCUT2D eigenvalue weighted by atomic mass is 35.5. The zero-order valence-electron chi connectivity index (χ0n) is 8.06. The van der Waals surface area contributed by atoms with E-state index in [0.717, 1.165) is 5.56 Å². The van der Waals surface area contributed by atoms with Gasteiger partial charge in [0, 0.05) is 15.6 Å². The summed E-state index contributed by atoms with van der Waals surface area (Å²) in [6, 6.07) is 5.48. The lowest BCUT2D eigenvalue weighted by molar-refractivity contribution is 0.427. The minimum Gasteiger partial charge on any atom is -0.321 e. The van der Waals surface area contributed by atoms with Crippen LogP contribution in [0.1, 0.15) is 25.3 Å². The van der Waals surface area contributed by atoms with Crippen LogP contribution in [-0.2, 0) is 5.54 Å². The molecule has 2 N–H and O–H groups in total. The number of nitrogens with two attached hydrogens (primary N) is 1. The molecule has 1 fully saturated rings. The third kappa shape index (κ3) is 1.77. The van der Waals surface area contributed by atoms with Crippen LogP contribution in [0.2, 0.25) is 10.0 Å². The summed E-state index contributed by atoms with van der Waals surface area (Å²) in [5.74, 6) is 0.554. The summed E-state index contributed by atoms with van der Waals surface area (Å²) in [6.45, 7) is 2.03. The average molecular weight is 230 g/mol.